The molecule has 0 saturated heterocycles. The molecule has 26 heavy (non-hydrogen) atoms. The van der Waals surface area contributed by atoms with Crippen LogP contribution in [0.15, 0.2) is 24.3 Å². The topological polar surface area (TPSA) is 84.2 Å². The highest BCUT2D eigenvalue weighted by Crippen LogP contribution is 2.30. The number of anilines is 1. The summed E-state index contributed by atoms with van der Waals surface area (Å²) in [6, 6.07) is 7.44. The molecule has 1 aliphatic carbocycles. The number of rotatable bonds is 5. The van der Waals surface area contributed by atoms with E-state index < -0.39 is 0 Å². The van der Waals surface area contributed by atoms with Crippen molar-refractivity contribution in [1.29, 1.82) is 0 Å². The minimum Gasteiger partial charge on any atom is -0.398 e. The number of hydrogen-bond donors (Lipinski definition) is 2. The lowest BCUT2D eigenvalue weighted by atomic mass is 9.91. The van der Waals surface area contributed by atoms with E-state index >= 15 is 0 Å². The molecule has 6 nitrogen and oxygen atoms in total. The summed E-state index contributed by atoms with van der Waals surface area (Å²) >= 11 is 6.37. The summed E-state index contributed by atoms with van der Waals surface area (Å²) in [4.78, 5) is 15.0. The van der Waals surface area contributed by atoms with Gasteiger partial charge in [-0.15, -0.1) is 0 Å². The summed E-state index contributed by atoms with van der Waals surface area (Å²) < 4.78 is 5.46. The van der Waals surface area contributed by atoms with Crippen molar-refractivity contribution in [1.82, 2.24) is 15.1 Å². The fraction of sp³-hybridized carbons (Fsp3) is 0.474. The molecule has 1 amide bonds. The Morgan fingerprint density at radius 1 is 1.38 bits per heavy atom. The molecular weight excluding hydrogens is 352 g/mol. The van der Waals surface area contributed by atoms with Crippen molar-refractivity contribution in [3.63, 3.8) is 0 Å². The molecule has 0 bridgehead atoms. The maximum atomic E-state index is 13.1. The van der Waals surface area contributed by atoms with E-state index in [4.69, 9.17) is 22.1 Å². The molecule has 0 spiro atoms. The molecule has 0 radical (unpaired) electrons. The number of amides is 1. The van der Waals surface area contributed by atoms with Crippen LogP contribution in [0.2, 0.25) is 5.02 Å². The second-order valence-electron chi connectivity index (χ2n) is 6.86. The summed E-state index contributed by atoms with van der Waals surface area (Å²) in [5.41, 5.74) is 8.59. The summed E-state index contributed by atoms with van der Waals surface area (Å²) in [5, 5.41) is 7.50. The van der Waals surface area contributed by atoms with Crippen LogP contribution < -0.4 is 5.73 Å². The van der Waals surface area contributed by atoms with Gasteiger partial charge in [0.1, 0.15) is 5.69 Å². The molecule has 140 valence electrons. The molecule has 1 aromatic carbocycles. The van der Waals surface area contributed by atoms with Crippen LogP contribution in [0.5, 0.6) is 0 Å². The van der Waals surface area contributed by atoms with E-state index in [2.05, 4.69) is 10.2 Å². The average Bonchev–Trinajstić information content (AvgIpc) is 3.09. The number of nitrogens with two attached hydrogens (primary N) is 1. The number of ether oxygens (including phenoxy) is 1. The van der Waals surface area contributed by atoms with Crippen molar-refractivity contribution >= 4 is 23.2 Å². The first kappa shape index (κ1) is 18.7. The van der Waals surface area contributed by atoms with Crippen molar-refractivity contribution < 1.29 is 9.53 Å². The van der Waals surface area contributed by atoms with Gasteiger partial charge in [-0.1, -0.05) is 23.7 Å². The largest absolute Gasteiger partial charge is 0.398 e. The lowest BCUT2D eigenvalue weighted by Crippen LogP contribution is -2.43. The van der Waals surface area contributed by atoms with Gasteiger partial charge >= 0.3 is 0 Å². The SMILES string of the molecule is COC1CCC(N(Cc2cccc(N)c2Cl)C(=O)c2cc(C)[nH]n2)CC1. The number of nitrogen functional groups attached to an aromatic ring is 1. The average molecular weight is 377 g/mol. The second-order valence-corrected chi connectivity index (χ2v) is 7.23. The number of benzene rings is 1. The molecular formula is C19H25ClN4O2. The van der Waals surface area contributed by atoms with E-state index in [1.54, 1.807) is 19.2 Å². The van der Waals surface area contributed by atoms with Gasteiger partial charge in [0.2, 0.25) is 0 Å². The van der Waals surface area contributed by atoms with Crippen LogP contribution in [-0.2, 0) is 11.3 Å². The number of nitrogens with zero attached hydrogens (tertiary/aromatic N) is 2. The smallest absolute Gasteiger partial charge is 0.274 e. The van der Waals surface area contributed by atoms with E-state index in [1.807, 2.05) is 24.0 Å². The number of aromatic nitrogens is 2. The van der Waals surface area contributed by atoms with Gasteiger partial charge < -0.3 is 15.4 Å². The quantitative estimate of drug-likeness (QED) is 0.781. The second kappa shape index (κ2) is 8.10. The highest BCUT2D eigenvalue weighted by Gasteiger charge is 2.31. The number of methoxy groups -OCH3 is 1. The van der Waals surface area contributed by atoms with Gasteiger partial charge in [0.15, 0.2) is 0 Å². The first-order chi connectivity index (χ1) is 12.5. The van der Waals surface area contributed by atoms with Crippen molar-refractivity contribution in [3.05, 3.63) is 46.2 Å². The van der Waals surface area contributed by atoms with Crippen LogP contribution in [0.1, 0.15) is 47.4 Å². The molecule has 0 unspecified atom stereocenters. The van der Waals surface area contributed by atoms with Gasteiger partial charge in [-0.2, -0.15) is 5.10 Å². The summed E-state index contributed by atoms with van der Waals surface area (Å²) in [5.74, 6) is -0.0892. The van der Waals surface area contributed by atoms with Gasteiger partial charge in [-0.25, -0.2) is 0 Å². The monoisotopic (exact) mass is 376 g/mol. The summed E-state index contributed by atoms with van der Waals surface area (Å²) in [6.07, 6.45) is 3.94. The highest BCUT2D eigenvalue weighted by atomic mass is 35.5. The number of nitrogens with one attached hydrogen (secondary N) is 1. The van der Waals surface area contributed by atoms with Crippen molar-refractivity contribution in [2.75, 3.05) is 12.8 Å². The third-order valence-corrected chi connectivity index (χ3v) is 5.51. The number of aromatic amines is 1. The first-order valence-electron chi connectivity index (χ1n) is 8.88. The standard InChI is InChI=1S/C19H25ClN4O2/c1-12-10-17(23-22-12)19(25)24(14-6-8-15(26-2)9-7-14)11-13-4-3-5-16(21)18(13)20/h3-5,10,14-15H,6-9,11,21H2,1-2H3,(H,22,23). The maximum absolute atomic E-state index is 13.1. The Kier molecular flexibility index (Phi) is 5.84. The maximum Gasteiger partial charge on any atom is 0.274 e. The minimum absolute atomic E-state index is 0.0892. The zero-order chi connectivity index (χ0) is 18.7. The molecule has 1 fully saturated rings. The third kappa shape index (κ3) is 4.02. The third-order valence-electron chi connectivity index (χ3n) is 5.05. The minimum atomic E-state index is -0.0892. The zero-order valence-corrected chi connectivity index (χ0v) is 15.9. The molecule has 0 atom stereocenters. The first-order valence-corrected chi connectivity index (χ1v) is 9.26. The predicted octanol–water partition coefficient (Wildman–Crippen LogP) is 3.55. The van der Waals surface area contributed by atoms with E-state index in [1.165, 1.54) is 0 Å². The Bertz CT molecular complexity index is 769. The lowest BCUT2D eigenvalue weighted by molar-refractivity contribution is 0.0310. The van der Waals surface area contributed by atoms with Crippen LogP contribution in [0.3, 0.4) is 0 Å². The van der Waals surface area contributed by atoms with Crippen LogP contribution in [0.4, 0.5) is 5.69 Å². The molecule has 1 heterocycles. The van der Waals surface area contributed by atoms with E-state index in [9.17, 15) is 4.79 Å². The molecule has 7 heteroatoms. The zero-order valence-electron chi connectivity index (χ0n) is 15.2. The Labute approximate surface area is 158 Å². The normalized spacial score (nSPS) is 20.1. The number of hydrogen-bond acceptors (Lipinski definition) is 4. The molecule has 1 aliphatic rings. The molecule has 2 aromatic rings. The molecule has 3 N–H and O–H groups in total. The predicted molar refractivity (Wildman–Crippen MR) is 102 cm³/mol. The van der Waals surface area contributed by atoms with Gasteiger partial charge in [0.05, 0.1) is 16.8 Å². The van der Waals surface area contributed by atoms with Crippen LogP contribution >= 0.6 is 11.6 Å². The Balaban J connectivity index is 1.86. The Morgan fingerprint density at radius 2 is 2.12 bits per heavy atom. The summed E-state index contributed by atoms with van der Waals surface area (Å²) in [6.45, 7) is 2.30. The summed E-state index contributed by atoms with van der Waals surface area (Å²) in [7, 11) is 1.74. The Hall–Kier alpha value is -2.05. The van der Waals surface area contributed by atoms with E-state index in [-0.39, 0.29) is 18.1 Å². The van der Waals surface area contributed by atoms with Crippen molar-refractivity contribution in [3.8, 4) is 0 Å². The number of aryl methyl sites for hydroxylation is 1. The molecule has 1 aromatic heterocycles. The van der Waals surface area contributed by atoms with E-state index in [0.29, 0.717) is 22.9 Å². The van der Waals surface area contributed by atoms with Gasteiger partial charge in [-0.05, 0) is 50.3 Å². The lowest BCUT2D eigenvalue weighted by Gasteiger charge is -2.36. The fourth-order valence-electron chi connectivity index (χ4n) is 3.54. The number of carbonyl (C=O) groups is 1. The molecule has 3 rings (SSSR count). The highest BCUT2D eigenvalue weighted by molar-refractivity contribution is 6.33. The Morgan fingerprint density at radius 3 is 2.73 bits per heavy atom. The number of carbonyl (C=O) groups excluding carboxylic acids is 1. The molecule has 1 saturated carbocycles. The molecule has 0 aliphatic heterocycles. The van der Waals surface area contributed by atoms with Crippen LogP contribution in [0, 0.1) is 6.92 Å². The van der Waals surface area contributed by atoms with Gasteiger partial charge in [-0.3, -0.25) is 9.89 Å². The van der Waals surface area contributed by atoms with Crippen molar-refractivity contribution in [2.45, 2.75) is 51.3 Å². The van der Waals surface area contributed by atoms with Crippen molar-refractivity contribution in [2.24, 2.45) is 0 Å². The van der Waals surface area contributed by atoms with E-state index in [0.717, 1.165) is 36.9 Å². The van der Waals surface area contributed by atoms with Gasteiger partial charge in [0, 0.05) is 25.4 Å². The fourth-order valence-corrected chi connectivity index (χ4v) is 3.73. The van der Waals surface area contributed by atoms with Crippen LogP contribution in [0.25, 0.3) is 0 Å². The van der Waals surface area contributed by atoms with Crippen LogP contribution in [-0.4, -0.2) is 40.3 Å². The number of H-pyrrole nitrogens is 1. The number of halogens is 1. The van der Waals surface area contributed by atoms with Gasteiger partial charge in [0.25, 0.3) is 5.91 Å².